The number of aromatic nitrogens is 1. The van der Waals surface area contributed by atoms with Crippen LogP contribution in [0.5, 0.6) is 0 Å². The lowest BCUT2D eigenvalue weighted by molar-refractivity contribution is 0.866. The van der Waals surface area contributed by atoms with E-state index >= 15 is 0 Å². The first kappa shape index (κ1) is 7.55. The van der Waals surface area contributed by atoms with E-state index in [1.54, 1.807) is 6.20 Å². The van der Waals surface area contributed by atoms with E-state index in [0.29, 0.717) is 11.8 Å². The maximum Gasteiger partial charge on any atom is 0.0303 e. The Morgan fingerprint density at radius 2 is 2.50 bits per heavy atom. The van der Waals surface area contributed by atoms with Gasteiger partial charge in [0, 0.05) is 18.3 Å². The molecule has 0 spiro atoms. The van der Waals surface area contributed by atoms with Crippen LogP contribution in [0.3, 0.4) is 0 Å². The largest absolute Gasteiger partial charge is 0.264 e. The van der Waals surface area contributed by atoms with Crippen molar-refractivity contribution in [1.82, 2.24) is 4.98 Å². The van der Waals surface area contributed by atoms with Crippen LogP contribution in [0.1, 0.15) is 18.4 Å². The number of nitrogens with zero attached hydrogens (tertiary/aromatic N) is 1. The highest BCUT2D eigenvalue weighted by molar-refractivity contribution is 6.18. The third kappa shape index (κ3) is 1.71. The third-order valence-electron chi connectivity index (χ3n) is 1.48. The Morgan fingerprint density at radius 1 is 1.70 bits per heavy atom. The molecule has 0 radical (unpaired) electrons. The quantitative estimate of drug-likeness (QED) is 0.598. The van der Waals surface area contributed by atoms with Gasteiger partial charge in [-0.05, 0) is 17.5 Å². The highest BCUT2D eigenvalue weighted by atomic mass is 35.5. The Labute approximate surface area is 66.0 Å². The summed E-state index contributed by atoms with van der Waals surface area (Å²) in [5.74, 6) is 1.07. The number of halogens is 1. The van der Waals surface area contributed by atoms with Crippen LogP contribution in [0.15, 0.2) is 24.5 Å². The summed E-state index contributed by atoms with van der Waals surface area (Å²) >= 11 is 5.66. The van der Waals surface area contributed by atoms with Gasteiger partial charge in [0.1, 0.15) is 0 Å². The molecule has 0 unspecified atom stereocenters. The fourth-order valence-electron chi connectivity index (χ4n) is 0.757. The summed E-state index contributed by atoms with van der Waals surface area (Å²) < 4.78 is 0. The fourth-order valence-corrected chi connectivity index (χ4v) is 0.935. The Kier molecular flexibility index (Phi) is 2.69. The van der Waals surface area contributed by atoms with E-state index in [1.807, 2.05) is 18.3 Å². The first-order valence-electron chi connectivity index (χ1n) is 3.30. The summed E-state index contributed by atoms with van der Waals surface area (Å²) in [6.07, 6.45) is 3.62. The van der Waals surface area contributed by atoms with Crippen LogP contribution in [0.25, 0.3) is 0 Å². The molecule has 0 bridgehead atoms. The first-order valence-corrected chi connectivity index (χ1v) is 3.84. The van der Waals surface area contributed by atoms with Gasteiger partial charge >= 0.3 is 0 Å². The minimum absolute atomic E-state index is 0.412. The fraction of sp³-hybridized carbons (Fsp3) is 0.375. The molecule has 0 amide bonds. The molecule has 1 aromatic rings. The molecule has 0 aliphatic carbocycles. The first-order chi connectivity index (χ1) is 4.84. The molecule has 10 heavy (non-hydrogen) atoms. The summed E-state index contributed by atoms with van der Waals surface area (Å²) in [5, 5.41) is 0. The minimum atomic E-state index is 0.412. The minimum Gasteiger partial charge on any atom is -0.264 e. The summed E-state index contributed by atoms with van der Waals surface area (Å²) in [6.45, 7) is 2.09. The van der Waals surface area contributed by atoms with Gasteiger partial charge in [0.15, 0.2) is 0 Å². The van der Waals surface area contributed by atoms with Gasteiger partial charge in [0.05, 0.1) is 0 Å². The van der Waals surface area contributed by atoms with E-state index in [9.17, 15) is 0 Å². The summed E-state index contributed by atoms with van der Waals surface area (Å²) in [5.41, 5.74) is 1.21. The molecular weight excluding hydrogens is 146 g/mol. The Morgan fingerprint density at radius 3 is 3.00 bits per heavy atom. The van der Waals surface area contributed by atoms with Crippen LogP contribution in [0.4, 0.5) is 0 Å². The Hall–Kier alpha value is -0.560. The topological polar surface area (TPSA) is 12.9 Å². The normalized spacial score (nSPS) is 13.0. The summed E-state index contributed by atoms with van der Waals surface area (Å²) in [7, 11) is 0. The number of alkyl halides is 1. The molecule has 0 aliphatic heterocycles. The molecule has 0 fully saturated rings. The van der Waals surface area contributed by atoms with Gasteiger partial charge in [0.2, 0.25) is 0 Å². The van der Waals surface area contributed by atoms with Gasteiger partial charge in [-0.2, -0.15) is 0 Å². The van der Waals surface area contributed by atoms with E-state index < -0.39 is 0 Å². The average Bonchev–Trinajstić information content (AvgIpc) is 2.05. The van der Waals surface area contributed by atoms with Gasteiger partial charge in [-0.15, -0.1) is 11.6 Å². The van der Waals surface area contributed by atoms with E-state index in [2.05, 4.69) is 11.9 Å². The molecule has 0 saturated heterocycles. The molecule has 2 heteroatoms. The molecule has 0 N–H and O–H groups in total. The molecule has 0 aromatic carbocycles. The lowest BCUT2D eigenvalue weighted by atomic mass is 10.1. The third-order valence-corrected chi connectivity index (χ3v) is 1.95. The molecule has 0 aliphatic rings. The standard InChI is InChI=1S/C8H10ClN/c1-7(5-9)8-3-2-4-10-6-8/h2-4,6-7H,5H2,1H3/t7-/m1/s1. The Bertz CT molecular complexity index is 186. The Balaban J connectivity index is 2.75. The lowest BCUT2D eigenvalue weighted by Gasteiger charge is -2.04. The van der Waals surface area contributed by atoms with Gasteiger partial charge in [-0.25, -0.2) is 0 Å². The number of hydrogen-bond acceptors (Lipinski definition) is 1. The number of pyridine rings is 1. The highest BCUT2D eigenvalue weighted by Crippen LogP contribution is 2.13. The van der Waals surface area contributed by atoms with Crippen LogP contribution in [0, 0.1) is 0 Å². The predicted molar refractivity (Wildman–Crippen MR) is 43.4 cm³/mol. The van der Waals surface area contributed by atoms with E-state index in [1.165, 1.54) is 5.56 Å². The molecule has 0 saturated carbocycles. The smallest absolute Gasteiger partial charge is 0.0303 e. The van der Waals surface area contributed by atoms with Crippen molar-refractivity contribution in [2.45, 2.75) is 12.8 Å². The summed E-state index contributed by atoms with van der Waals surface area (Å²) in [4.78, 5) is 4.00. The van der Waals surface area contributed by atoms with Crippen molar-refractivity contribution in [1.29, 1.82) is 0 Å². The highest BCUT2D eigenvalue weighted by Gasteiger charge is 2.01. The SMILES string of the molecule is C[C@H](CCl)c1cccnc1. The van der Waals surface area contributed by atoms with Crippen molar-refractivity contribution in [3.8, 4) is 0 Å². The zero-order valence-electron chi connectivity index (χ0n) is 5.92. The zero-order chi connectivity index (χ0) is 7.40. The van der Waals surface area contributed by atoms with E-state index in [-0.39, 0.29) is 0 Å². The van der Waals surface area contributed by atoms with E-state index in [0.717, 1.165) is 0 Å². The van der Waals surface area contributed by atoms with Crippen LogP contribution in [-0.4, -0.2) is 10.9 Å². The lowest BCUT2D eigenvalue weighted by Crippen LogP contribution is -1.93. The number of hydrogen-bond donors (Lipinski definition) is 0. The summed E-state index contributed by atoms with van der Waals surface area (Å²) in [6, 6.07) is 3.97. The van der Waals surface area contributed by atoms with Crippen LogP contribution in [0.2, 0.25) is 0 Å². The molecule has 1 rings (SSSR count). The second-order valence-electron chi connectivity index (χ2n) is 2.34. The average molecular weight is 156 g/mol. The van der Waals surface area contributed by atoms with Crippen LogP contribution < -0.4 is 0 Å². The monoisotopic (exact) mass is 155 g/mol. The van der Waals surface area contributed by atoms with Crippen LogP contribution in [-0.2, 0) is 0 Å². The molecule has 54 valence electrons. The van der Waals surface area contributed by atoms with Gasteiger partial charge < -0.3 is 0 Å². The number of rotatable bonds is 2. The van der Waals surface area contributed by atoms with Crippen molar-refractivity contribution in [2.75, 3.05) is 5.88 Å². The van der Waals surface area contributed by atoms with Crippen molar-refractivity contribution in [3.05, 3.63) is 30.1 Å². The van der Waals surface area contributed by atoms with Crippen molar-refractivity contribution >= 4 is 11.6 Å². The zero-order valence-corrected chi connectivity index (χ0v) is 6.67. The van der Waals surface area contributed by atoms with Crippen molar-refractivity contribution < 1.29 is 0 Å². The maximum absolute atomic E-state index is 5.66. The molecular formula is C8H10ClN. The second-order valence-corrected chi connectivity index (χ2v) is 2.65. The van der Waals surface area contributed by atoms with E-state index in [4.69, 9.17) is 11.6 Å². The molecule has 1 nitrogen and oxygen atoms in total. The maximum atomic E-state index is 5.66. The molecule has 1 heterocycles. The van der Waals surface area contributed by atoms with Gasteiger partial charge in [0.25, 0.3) is 0 Å². The van der Waals surface area contributed by atoms with Crippen molar-refractivity contribution in [3.63, 3.8) is 0 Å². The molecule has 1 atom stereocenters. The predicted octanol–water partition coefficient (Wildman–Crippen LogP) is 2.42. The second kappa shape index (κ2) is 3.57. The van der Waals surface area contributed by atoms with Crippen LogP contribution >= 0.6 is 11.6 Å². The van der Waals surface area contributed by atoms with Gasteiger partial charge in [-0.1, -0.05) is 13.0 Å². The van der Waals surface area contributed by atoms with Crippen molar-refractivity contribution in [2.24, 2.45) is 0 Å². The van der Waals surface area contributed by atoms with Gasteiger partial charge in [-0.3, -0.25) is 4.98 Å². The molecule has 1 aromatic heterocycles.